The highest BCUT2D eigenvalue weighted by Gasteiger charge is 2.15. The number of morpholine rings is 1. The van der Waals surface area contributed by atoms with Crippen molar-refractivity contribution in [3.8, 4) is 0 Å². The highest BCUT2D eigenvalue weighted by atomic mass is 35.5. The molecule has 1 saturated heterocycles. The summed E-state index contributed by atoms with van der Waals surface area (Å²) in [7, 11) is 0. The predicted molar refractivity (Wildman–Crippen MR) is 86.7 cm³/mol. The van der Waals surface area contributed by atoms with Gasteiger partial charge in [0.15, 0.2) is 0 Å². The van der Waals surface area contributed by atoms with Crippen LogP contribution in [0.3, 0.4) is 0 Å². The van der Waals surface area contributed by atoms with E-state index in [2.05, 4.69) is 15.4 Å². The van der Waals surface area contributed by atoms with Gasteiger partial charge in [-0.1, -0.05) is 22.8 Å². The molecule has 2 aromatic rings. The van der Waals surface area contributed by atoms with Crippen molar-refractivity contribution in [1.82, 2.24) is 10.1 Å². The summed E-state index contributed by atoms with van der Waals surface area (Å²) in [6.45, 7) is 5.85. The van der Waals surface area contributed by atoms with Crippen molar-refractivity contribution < 1.29 is 14.1 Å². The lowest BCUT2D eigenvalue weighted by Crippen LogP contribution is -2.35. The van der Waals surface area contributed by atoms with Crippen molar-refractivity contribution in [2.24, 2.45) is 0 Å². The molecular formula is C16H18ClN3O3. The summed E-state index contributed by atoms with van der Waals surface area (Å²) < 4.78 is 10.3. The summed E-state index contributed by atoms with van der Waals surface area (Å²) in [6.07, 6.45) is 0. The molecule has 0 saturated carbocycles. The molecule has 7 heteroatoms. The molecule has 1 N–H and O–H groups in total. The molecule has 0 unspecified atom stereocenters. The molecule has 0 bridgehead atoms. The fourth-order valence-corrected chi connectivity index (χ4v) is 2.66. The van der Waals surface area contributed by atoms with Gasteiger partial charge in [-0.15, -0.1) is 0 Å². The van der Waals surface area contributed by atoms with Crippen LogP contribution in [0.4, 0.5) is 5.69 Å². The van der Waals surface area contributed by atoms with Gasteiger partial charge in [0.1, 0.15) is 0 Å². The Balaban J connectivity index is 1.65. The average Bonchev–Trinajstić information content (AvgIpc) is 2.98. The lowest BCUT2D eigenvalue weighted by atomic mass is 10.2. The van der Waals surface area contributed by atoms with Gasteiger partial charge in [-0.05, 0) is 24.6 Å². The van der Waals surface area contributed by atoms with Crippen molar-refractivity contribution in [3.63, 3.8) is 0 Å². The van der Waals surface area contributed by atoms with Crippen molar-refractivity contribution in [2.45, 2.75) is 13.5 Å². The molecule has 6 nitrogen and oxygen atoms in total. The van der Waals surface area contributed by atoms with Gasteiger partial charge in [0, 0.05) is 36.4 Å². The normalized spacial score (nSPS) is 15.6. The number of ether oxygens (including phenoxy) is 1. The summed E-state index contributed by atoms with van der Waals surface area (Å²) in [5.74, 6) is -0.168. The van der Waals surface area contributed by atoms with Crippen molar-refractivity contribution in [2.75, 3.05) is 31.6 Å². The van der Waals surface area contributed by atoms with Crippen LogP contribution in [0.25, 0.3) is 0 Å². The molecule has 2 heterocycles. The van der Waals surface area contributed by atoms with Crippen LogP contribution in [0.2, 0.25) is 5.02 Å². The largest absolute Gasteiger partial charge is 0.379 e. The number of carbonyl (C=O) groups excluding carboxylic acids is 1. The number of amides is 1. The Hall–Kier alpha value is -1.89. The Morgan fingerprint density at radius 1 is 1.35 bits per heavy atom. The molecule has 1 fully saturated rings. The number of hydrogen-bond acceptors (Lipinski definition) is 5. The first-order valence-electron chi connectivity index (χ1n) is 7.45. The summed E-state index contributed by atoms with van der Waals surface area (Å²) in [5.41, 5.74) is 2.32. The minimum atomic E-state index is -0.345. The van der Waals surface area contributed by atoms with Crippen LogP contribution in [0.5, 0.6) is 0 Å². The minimum Gasteiger partial charge on any atom is -0.379 e. The zero-order valence-corrected chi connectivity index (χ0v) is 13.6. The summed E-state index contributed by atoms with van der Waals surface area (Å²) >= 11 is 6.34. The molecule has 0 spiro atoms. The molecule has 1 aromatic carbocycles. The molecule has 3 rings (SSSR count). The molecule has 1 aliphatic rings. The SMILES string of the molecule is Cc1cc(C(=O)Nc2ccc(CN3CCOCC3)c(Cl)c2)on1. The number of halogens is 1. The van der Waals surface area contributed by atoms with Gasteiger partial charge in [0.2, 0.25) is 5.76 Å². The molecule has 23 heavy (non-hydrogen) atoms. The Kier molecular flexibility index (Phi) is 4.95. The molecule has 0 atom stereocenters. The number of rotatable bonds is 4. The monoisotopic (exact) mass is 335 g/mol. The van der Waals surface area contributed by atoms with Gasteiger partial charge in [0.25, 0.3) is 5.91 Å². The maximum absolute atomic E-state index is 12.0. The Morgan fingerprint density at radius 3 is 2.78 bits per heavy atom. The summed E-state index contributed by atoms with van der Waals surface area (Å²) in [4.78, 5) is 14.3. The third kappa shape index (κ3) is 4.10. The molecule has 0 radical (unpaired) electrons. The van der Waals surface area contributed by atoms with Gasteiger partial charge < -0.3 is 14.6 Å². The summed E-state index contributed by atoms with van der Waals surface area (Å²) in [6, 6.07) is 7.10. The van der Waals surface area contributed by atoms with Gasteiger partial charge in [-0.25, -0.2) is 0 Å². The third-order valence-electron chi connectivity index (χ3n) is 3.66. The highest BCUT2D eigenvalue weighted by Crippen LogP contribution is 2.23. The zero-order valence-electron chi connectivity index (χ0n) is 12.8. The number of nitrogens with one attached hydrogen (secondary N) is 1. The summed E-state index contributed by atoms with van der Waals surface area (Å²) in [5, 5.41) is 7.08. The van der Waals surface area contributed by atoms with Crippen molar-refractivity contribution in [3.05, 3.63) is 46.3 Å². The van der Waals surface area contributed by atoms with E-state index >= 15 is 0 Å². The predicted octanol–water partition coefficient (Wildman–Crippen LogP) is 2.72. The van der Waals surface area contributed by atoms with Gasteiger partial charge in [-0.2, -0.15) is 0 Å². The van der Waals surface area contributed by atoms with E-state index in [1.807, 2.05) is 12.1 Å². The van der Waals surface area contributed by atoms with Crippen LogP contribution in [-0.2, 0) is 11.3 Å². The van der Waals surface area contributed by atoms with E-state index in [9.17, 15) is 4.79 Å². The van der Waals surface area contributed by atoms with Gasteiger partial charge in [0.05, 0.1) is 18.9 Å². The number of nitrogens with zero attached hydrogens (tertiary/aromatic N) is 2. The van der Waals surface area contributed by atoms with E-state index in [0.717, 1.165) is 38.4 Å². The maximum Gasteiger partial charge on any atom is 0.294 e. The zero-order chi connectivity index (χ0) is 16.2. The van der Waals surface area contributed by atoms with Crippen LogP contribution in [-0.4, -0.2) is 42.3 Å². The smallest absolute Gasteiger partial charge is 0.294 e. The first kappa shape index (κ1) is 16.0. The first-order valence-corrected chi connectivity index (χ1v) is 7.83. The average molecular weight is 336 g/mol. The van der Waals surface area contributed by atoms with E-state index < -0.39 is 0 Å². The molecule has 122 valence electrons. The van der Waals surface area contributed by atoms with E-state index in [0.29, 0.717) is 16.4 Å². The van der Waals surface area contributed by atoms with Crippen LogP contribution >= 0.6 is 11.6 Å². The molecule has 1 amide bonds. The number of carbonyl (C=O) groups is 1. The topological polar surface area (TPSA) is 67.6 Å². The van der Waals surface area contributed by atoms with Crippen LogP contribution < -0.4 is 5.32 Å². The van der Waals surface area contributed by atoms with E-state index in [4.69, 9.17) is 20.9 Å². The number of anilines is 1. The number of aromatic nitrogens is 1. The fourth-order valence-electron chi connectivity index (χ4n) is 2.42. The Bertz CT molecular complexity index is 696. The molecule has 1 aliphatic heterocycles. The number of hydrogen-bond donors (Lipinski definition) is 1. The second-order valence-electron chi connectivity index (χ2n) is 5.48. The van der Waals surface area contributed by atoms with Crippen LogP contribution in [0, 0.1) is 6.92 Å². The second-order valence-corrected chi connectivity index (χ2v) is 5.89. The molecule has 1 aromatic heterocycles. The van der Waals surface area contributed by atoms with E-state index in [-0.39, 0.29) is 11.7 Å². The lowest BCUT2D eigenvalue weighted by Gasteiger charge is -2.27. The molecular weight excluding hydrogens is 318 g/mol. The number of aryl methyl sites for hydroxylation is 1. The van der Waals surface area contributed by atoms with Crippen LogP contribution in [0.15, 0.2) is 28.8 Å². The van der Waals surface area contributed by atoms with Crippen molar-refractivity contribution >= 4 is 23.2 Å². The van der Waals surface area contributed by atoms with Gasteiger partial charge >= 0.3 is 0 Å². The van der Waals surface area contributed by atoms with Crippen molar-refractivity contribution in [1.29, 1.82) is 0 Å². The standard InChI is InChI=1S/C16H18ClN3O3/c1-11-8-15(23-19-11)16(21)18-13-3-2-12(14(17)9-13)10-20-4-6-22-7-5-20/h2-3,8-9H,4-7,10H2,1H3,(H,18,21). The third-order valence-corrected chi connectivity index (χ3v) is 4.01. The first-order chi connectivity index (χ1) is 11.1. The quantitative estimate of drug-likeness (QED) is 0.930. The lowest BCUT2D eigenvalue weighted by molar-refractivity contribution is 0.0342. The van der Waals surface area contributed by atoms with E-state index in [1.54, 1.807) is 19.1 Å². The second kappa shape index (κ2) is 7.12. The minimum absolute atomic E-state index is 0.177. The Labute approximate surface area is 139 Å². The Morgan fingerprint density at radius 2 is 2.13 bits per heavy atom. The van der Waals surface area contributed by atoms with Crippen LogP contribution in [0.1, 0.15) is 21.8 Å². The maximum atomic E-state index is 12.0. The fraction of sp³-hybridized carbons (Fsp3) is 0.375. The van der Waals surface area contributed by atoms with Gasteiger partial charge in [-0.3, -0.25) is 9.69 Å². The molecule has 0 aliphatic carbocycles. The number of benzene rings is 1. The van der Waals surface area contributed by atoms with E-state index in [1.165, 1.54) is 0 Å². The highest BCUT2D eigenvalue weighted by molar-refractivity contribution is 6.31.